The van der Waals surface area contributed by atoms with Crippen molar-refractivity contribution in [3.05, 3.63) is 64.6 Å². The smallest absolute Gasteiger partial charge is 0.276 e. The average Bonchev–Trinajstić information content (AvgIpc) is 2.92. The monoisotopic (exact) mass is 251 g/mol. The summed E-state index contributed by atoms with van der Waals surface area (Å²) in [6.07, 6.45) is 6.49. The molecule has 6 heteroatoms. The number of pyridine rings is 1. The van der Waals surface area contributed by atoms with Gasteiger partial charge in [0.25, 0.3) is 5.56 Å². The Labute approximate surface area is 108 Å². The van der Waals surface area contributed by atoms with Gasteiger partial charge in [0, 0.05) is 24.2 Å². The highest BCUT2D eigenvalue weighted by Gasteiger charge is 2.07. The summed E-state index contributed by atoms with van der Waals surface area (Å²) in [4.78, 5) is 16.2. The van der Waals surface area contributed by atoms with Crippen molar-refractivity contribution in [3.63, 3.8) is 0 Å². The van der Waals surface area contributed by atoms with Crippen LogP contribution in [0.1, 0.15) is 11.3 Å². The summed E-state index contributed by atoms with van der Waals surface area (Å²) in [6.45, 7) is 0.317. The predicted molar refractivity (Wildman–Crippen MR) is 67.5 cm³/mol. The van der Waals surface area contributed by atoms with E-state index in [2.05, 4.69) is 10.1 Å². The number of hydrogen-bond donors (Lipinski definition) is 0. The Balaban J connectivity index is 2.09. The van der Waals surface area contributed by atoms with Crippen LogP contribution in [-0.2, 0) is 6.54 Å². The van der Waals surface area contributed by atoms with Crippen molar-refractivity contribution in [3.8, 4) is 6.07 Å². The van der Waals surface area contributed by atoms with Crippen LogP contribution in [0, 0.1) is 11.3 Å². The molecule has 6 nitrogen and oxygen atoms in total. The zero-order valence-corrected chi connectivity index (χ0v) is 9.89. The van der Waals surface area contributed by atoms with E-state index in [4.69, 9.17) is 5.26 Å². The van der Waals surface area contributed by atoms with Crippen LogP contribution in [0.15, 0.2) is 47.8 Å². The summed E-state index contributed by atoms with van der Waals surface area (Å²) >= 11 is 0. The normalized spacial score (nSPS) is 10.5. The summed E-state index contributed by atoms with van der Waals surface area (Å²) in [5.41, 5.74) is 1.41. The van der Waals surface area contributed by atoms with Crippen molar-refractivity contribution in [2.45, 2.75) is 6.54 Å². The molecule has 92 valence electrons. The van der Waals surface area contributed by atoms with Crippen LogP contribution in [0.3, 0.4) is 0 Å². The lowest BCUT2D eigenvalue weighted by atomic mass is 10.2. The lowest BCUT2D eigenvalue weighted by molar-refractivity contribution is 0.738. The number of aromatic nitrogens is 4. The Bertz CT molecular complexity index is 840. The third-order valence-electron chi connectivity index (χ3n) is 2.88. The van der Waals surface area contributed by atoms with Crippen molar-refractivity contribution in [1.29, 1.82) is 5.26 Å². The molecule has 3 heterocycles. The molecule has 0 aliphatic heterocycles. The van der Waals surface area contributed by atoms with E-state index in [9.17, 15) is 4.79 Å². The maximum absolute atomic E-state index is 12.2. The molecule has 0 atom stereocenters. The Hall–Kier alpha value is -2.94. The van der Waals surface area contributed by atoms with Gasteiger partial charge in [-0.25, -0.2) is 9.50 Å². The third kappa shape index (κ3) is 1.87. The van der Waals surface area contributed by atoms with Gasteiger partial charge < -0.3 is 4.57 Å². The number of nitrogens with zero attached hydrogens (tertiary/aromatic N) is 5. The average molecular weight is 251 g/mol. The van der Waals surface area contributed by atoms with Gasteiger partial charge in [-0.1, -0.05) is 6.07 Å². The first-order chi connectivity index (χ1) is 9.29. The van der Waals surface area contributed by atoms with Crippen LogP contribution >= 0.6 is 0 Å². The first-order valence-electron chi connectivity index (χ1n) is 5.66. The largest absolute Gasteiger partial charge is 0.308 e. The first kappa shape index (κ1) is 11.2. The van der Waals surface area contributed by atoms with Crippen LogP contribution in [-0.4, -0.2) is 19.2 Å². The molecule has 0 aromatic carbocycles. The first-order valence-corrected chi connectivity index (χ1v) is 5.66. The fraction of sp³-hybridized carbons (Fsp3) is 0.0769. The lowest BCUT2D eigenvalue weighted by Crippen LogP contribution is -2.22. The summed E-state index contributed by atoms with van der Waals surface area (Å²) < 4.78 is 3.06. The minimum atomic E-state index is -0.146. The topological polar surface area (TPSA) is 76.0 Å². The maximum atomic E-state index is 12.2. The molecule has 0 aliphatic rings. The van der Waals surface area contributed by atoms with Crippen LogP contribution in [0.5, 0.6) is 0 Å². The highest BCUT2D eigenvalue weighted by Crippen LogP contribution is 2.06. The Morgan fingerprint density at radius 1 is 1.26 bits per heavy atom. The Kier molecular flexibility index (Phi) is 2.58. The van der Waals surface area contributed by atoms with Gasteiger partial charge in [0.2, 0.25) is 0 Å². The molecule has 3 rings (SSSR count). The van der Waals surface area contributed by atoms with Crippen molar-refractivity contribution in [2.24, 2.45) is 0 Å². The highest BCUT2D eigenvalue weighted by molar-refractivity contribution is 5.42. The molecule has 0 fully saturated rings. The van der Waals surface area contributed by atoms with Gasteiger partial charge in [0.1, 0.15) is 17.3 Å². The second kappa shape index (κ2) is 4.38. The second-order valence-corrected chi connectivity index (χ2v) is 4.02. The van der Waals surface area contributed by atoms with E-state index in [0.717, 1.165) is 5.56 Å². The minimum absolute atomic E-state index is 0.146. The molecule has 0 radical (unpaired) electrons. The van der Waals surface area contributed by atoms with Crippen molar-refractivity contribution in [2.75, 3.05) is 0 Å². The lowest BCUT2D eigenvalue weighted by Gasteiger charge is -2.06. The summed E-state index contributed by atoms with van der Waals surface area (Å²) in [6, 6.07) is 7.22. The van der Waals surface area contributed by atoms with E-state index in [-0.39, 0.29) is 5.56 Å². The van der Waals surface area contributed by atoms with Gasteiger partial charge in [0.05, 0.1) is 12.7 Å². The molecule has 0 saturated carbocycles. The summed E-state index contributed by atoms with van der Waals surface area (Å²) in [5, 5.41) is 13.0. The number of fused-ring (bicyclic) bond motifs is 1. The molecule has 19 heavy (non-hydrogen) atoms. The third-order valence-corrected chi connectivity index (χ3v) is 2.88. The standard InChI is InChI=1S/C13H9N5O/c14-8-11-10(2-1-4-15-11)9-17-6-7-18-12(13(17)19)3-5-16-18/h1-7H,9H2. The molecule has 0 saturated heterocycles. The molecule has 0 N–H and O–H groups in total. The van der Waals surface area contributed by atoms with Crippen LogP contribution in [0.25, 0.3) is 5.52 Å². The van der Waals surface area contributed by atoms with Crippen LogP contribution < -0.4 is 5.56 Å². The fourth-order valence-electron chi connectivity index (χ4n) is 1.94. The van der Waals surface area contributed by atoms with Gasteiger partial charge in [-0.3, -0.25) is 4.79 Å². The van der Waals surface area contributed by atoms with Gasteiger partial charge in [-0.05, 0) is 12.1 Å². The molecule has 3 aromatic heterocycles. The molecule has 0 spiro atoms. The van der Waals surface area contributed by atoms with Crippen molar-refractivity contribution in [1.82, 2.24) is 19.2 Å². The molecule has 0 aliphatic carbocycles. The zero-order chi connectivity index (χ0) is 13.2. The Morgan fingerprint density at radius 3 is 3.00 bits per heavy atom. The van der Waals surface area contributed by atoms with E-state index in [0.29, 0.717) is 17.8 Å². The molecule has 0 bridgehead atoms. The summed E-state index contributed by atoms with van der Waals surface area (Å²) in [7, 11) is 0. The number of rotatable bonds is 2. The molecular formula is C13H9N5O. The SMILES string of the molecule is N#Cc1ncccc1Cn1ccn2nccc2c1=O. The predicted octanol–water partition coefficient (Wildman–Crippen LogP) is 0.811. The van der Waals surface area contributed by atoms with Gasteiger partial charge >= 0.3 is 0 Å². The second-order valence-electron chi connectivity index (χ2n) is 4.02. The van der Waals surface area contributed by atoms with E-state index < -0.39 is 0 Å². The van der Waals surface area contributed by atoms with E-state index in [1.807, 2.05) is 6.07 Å². The maximum Gasteiger partial charge on any atom is 0.276 e. The molecule has 0 amide bonds. The van der Waals surface area contributed by atoms with Crippen molar-refractivity contribution >= 4 is 5.52 Å². The number of hydrogen-bond acceptors (Lipinski definition) is 4. The fourth-order valence-corrected chi connectivity index (χ4v) is 1.94. The van der Waals surface area contributed by atoms with Crippen LogP contribution in [0.2, 0.25) is 0 Å². The van der Waals surface area contributed by atoms with Crippen LogP contribution in [0.4, 0.5) is 0 Å². The minimum Gasteiger partial charge on any atom is -0.308 e. The highest BCUT2D eigenvalue weighted by atomic mass is 16.1. The quantitative estimate of drug-likeness (QED) is 0.675. The van der Waals surface area contributed by atoms with E-state index in [1.165, 1.54) is 9.08 Å². The Morgan fingerprint density at radius 2 is 2.16 bits per heavy atom. The van der Waals surface area contributed by atoms with Crippen molar-refractivity contribution < 1.29 is 0 Å². The van der Waals surface area contributed by atoms with Gasteiger partial charge in [-0.15, -0.1) is 0 Å². The summed E-state index contributed by atoms with van der Waals surface area (Å²) in [5.74, 6) is 0. The van der Waals surface area contributed by atoms with E-state index in [1.54, 1.807) is 43.0 Å². The zero-order valence-electron chi connectivity index (χ0n) is 9.89. The van der Waals surface area contributed by atoms with E-state index >= 15 is 0 Å². The van der Waals surface area contributed by atoms with Gasteiger partial charge in [0.15, 0.2) is 0 Å². The molecule has 3 aromatic rings. The molecular weight excluding hydrogens is 242 g/mol. The van der Waals surface area contributed by atoms with Gasteiger partial charge in [-0.2, -0.15) is 10.4 Å². The number of nitriles is 1. The molecule has 0 unspecified atom stereocenters.